The van der Waals surface area contributed by atoms with Crippen molar-refractivity contribution in [3.8, 4) is 0 Å². The molecule has 0 saturated carbocycles. The van der Waals surface area contributed by atoms with Gasteiger partial charge in [-0.15, -0.1) is 0 Å². The van der Waals surface area contributed by atoms with Gasteiger partial charge in [-0.2, -0.15) is 0 Å². The Balaban J connectivity index is 1.86. The zero-order valence-corrected chi connectivity index (χ0v) is 20.6. The third-order valence-electron chi connectivity index (χ3n) is 6.01. The number of hydrogen-bond donors (Lipinski definition) is 0. The second kappa shape index (κ2) is 11.0. The lowest BCUT2D eigenvalue weighted by molar-refractivity contribution is 0.0827. The maximum atomic E-state index is 14.0. The Morgan fingerprint density at radius 2 is 1.75 bits per heavy atom. The number of halogens is 2. The summed E-state index contributed by atoms with van der Waals surface area (Å²) in [6, 6.07) is 7.86. The van der Waals surface area contributed by atoms with E-state index >= 15 is 0 Å². The van der Waals surface area contributed by atoms with Gasteiger partial charge in [0.05, 0.1) is 25.2 Å². The molecule has 0 unspecified atom stereocenters. The van der Waals surface area contributed by atoms with Crippen LogP contribution in [0.3, 0.4) is 0 Å². The van der Waals surface area contributed by atoms with Crippen molar-refractivity contribution in [2.75, 3.05) is 70.5 Å². The smallest absolute Gasteiger partial charge is 0.253 e. The van der Waals surface area contributed by atoms with Crippen LogP contribution in [0.4, 0.5) is 20.4 Å². The second-order valence-corrected chi connectivity index (χ2v) is 8.80. The van der Waals surface area contributed by atoms with E-state index in [1.54, 1.807) is 25.1 Å². The zero-order valence-electron chi connectivity index (χ0n) is 20.6. The molecule has 10 heteroatoms. The zero-order chi connectivity index (χ0) is 25.8. The van der Waals surface area contributed by atoms with Gasteiger partial charge in [0, 0.05) is 76.3 Å². The molecule has 1 amide bonds. The number of morpholine rings is 1. The van der Waals surface area contributed by atoms with Gasteiger partial charge in [0.25, 0.3) is 5.91 Å². The summed E-state index contributed by atoms with van der Waals surface area (Å²) >= 11 is 0. The Bertz CT molecular complexity index is 1280. The summed E-state index contributed by atoms with van der Waals surface area (Å²) in [6.07, 6.45) is 0. The topological polar surface area (TPSA) is 75.5 Å². The van der Waals surface area contributed by atoms with Crippen LogP contribution in [0, 0.1) is 11.6 Å². The molecular weight excluding hydrogens is 472 g/mol. The third kappa shape index (κ3) is 5.66. The molecule has 0 bridgehead atoms. The number of carbonyl (C=O) groups excluding carboxylic acids is 1. The predicted octanol–water partition coefficient (Wildman–Crippen LogP) is 3.26. The fourth-order valence-corrected chi connectivity index (χ4v) is 4.18. The molecule has 2 aromatic carbocycles. The number of hydrogen-bond acceptors (Lipinski definition) is 7. The van der Waals surface area contributed by atoms with E-state index in [9.17, 15) is 18.4 Å². The maximum Gasteiger partial charge on any atom is 0.253 e. The van der Waals surface area contributed by atoms with Crippen LogP contribution in [0.5, 0.6) is 0 Å². The van der Waals surface area contributed by atoms with E-state index in [2.05, 4.69) is 0 Å². The third-order valence-corrected chi connectivity index (χ3v) is 6.01. The lowest BCUT2D eigenvalue weighted by atomic mass is 10.0. The Hall–Kier alpha value is -3.50. The molecule has 1 saturated heterocycles. The van der Waals surface area contributed by atoms with Crippen LogP contribution in [-0.2, 0) is 16.0 Å². The van der Waals surface area contributed by atoms with Gasteiger partial charge < -0.3 is 28.6 Å². The first-order valence-corrected chi connectivity index (χ1v) is 11.6. The molecule has 0 atom stereocenters. The first kappa shape index (κ1) is 25.6. The van der Waals surface area contributed by atoms with Gasteiger partial charge in [0.1, 0.15) is 17.2 Å². The molecule has 8 nitrogen and oxygen atoms in total. The molecule has 1 aliphatic heterocycles. The monoisotopic (exact) mass is 501 g/mol. The van der Waals surface area contributed by atoms with Gasteiger partial charge in [-0.05, 0) is 24.3 Å². The number of anilines is 2. The van der Waals surface area contributed by atoms with Crippen LogP contribution in [0.2, 0.25) is 0 Å². The molecule has 4 rings (SSSR count). The Labute approximate surface area is 207 Å². The summed E-state index contributed by atoms with van der Waals surface area (Å²) in [5.74, 6) is -1.30. The van der Waals surface area contributed by atoms with Crippen molar-refractivity contribution in [3.63, 3.8) is 0 Å². The van der Waals surface area contributed by atoms with Gasteiger partial charge >= 0.3 is 0 Å². The van der Waals surface area contributed by atoms with Gasteiger partial charge in [-0.1, -0.05) is 0 Å². The molecular formula is C26H29F2N3O5. The molecule has 0 spiro atoms. The summed E-state index contributed by atoms with van der Waals surface area (Å²) in [4.78, 5) is 31.1. The molecule has 1 aliphatic rings. The molecule has 0 radical (unpaired) electrons. The standard InChI is InChI=1S/C26H29F2N3O5/c1-29(2)26(33)17-10-18(16-31(4-7-34-3)21-13-19(27)12-20(28)14-21)25-22(11-17)23(32)15-24(36-25)30-5-8-35-9-6-30/h10-15H,4-9,16H2,1-3H3. The van der Waals surface area contributed by atoms with Crippen molar-refractivity contribution in [1.29, 1.82) is 0 Å². The molecule has 1 fully saturated rings. The van der Waals surface area contributed by atoms with Crippen molar-refractivity contribution < 1.29 is 27.5 Å². The SMILES string of the molecule is COCCN(Cc1cc(C(=O)N(C)C)cc2c(=O)cc(N3CCOCC3)oc12)c1cc(F)cc(F)c1. The molecule has 0 N–H and O–H groups in total. The normalized spacial score (nSPS) is 13.8. The minimum Gasteiger partial charge on any atom is -0.440 e. The first-order valence-electron chi connectivity index (χ1n) is 11.6. The van der Waals surface area contributed by atoms with Crippen molar-refractivity contribution in [2.24, 2.45) is 0 Å². The summed E-state index contributed by atoms with van der Waals surface area (Å²) in [7, 11) is 4.77. The number of carbonyl (C=O) groups is 1. The number of ether oxygens (including phenoxy) is 2. The summed E-state index contributed by atoms with van der Waals surface area (Å²) in [6.45, 7) is 2.89. The van der Waals surface area contributed by atoms with E-state index in [1.807, 2.05) is 4.90 Å². The highest BCUT2D eigenvalue weighted by Gasteiger charge is 2.21. The quantitative estimate of drug-likeness (QED) is 0.469. The van der Waals surface area contributed by atoms with Crippen LogP contribution < -0.4 is 15.2 Å². The van der Waals surface area contributed by atoms with Crippen LogP contribution in [0.25, 0.3) is 11.0 Å². The van der Waals surface area contributed by atoms with E-state index < -0.39 is 11.6 Å². The Morgan fingerprint density at radius 1 is 1.06 bits per heavy atom. The molecule has 36 heavy (non-hydrogen) atoms. The van der Waals surface area contributed by atoms with Gasteiger partial charge in [-0.3, -0.25) is 9.59 Å². The van der Waals surface area contributed by atoms with E-state index in [0.717, 1.165) is 6.07 Å². The van der Waals surface area contributed by atoms with Crippen molar-refractivity contribution in [2.45, 2.75) is 6.54 Å². The molecule has 3 aromatic rings. The molecule has 192 valence electrons. The number of rotatable bonds is 8. The van der Waals surface area contributed by atoms with E-state index in [-0.39, 0.29) is 29.9 Å². The Kier molecular flexibility index (Phi) is 7.85. The van der Waals surface area contributed by atoms with E-state index in [0.29, 0.717) is 61.1 Å². The fourth-order valence-electron chi connectivity index (χ4n) is 4.18. The van der Waals surface area contributed by atoms with E-state index in [1.165, 1.54) is 36.3 Å². The number of benzene rings is 2. The number of methoxy groups -OCH3 is 1. The number of nitrogens with zero attached hydrogens (tertiary/aromatic N) is 3. The van der Waals surface area contributed by atoms with Gasteiger partial charge in [0.2, 0.25) is 0 Å². The average molecular weight is 502 g/mol. The van der Waals surface area contributed by atoms with Gasteiger partial charge in [-0.25, -0.2) is 8.78 Å². The fraction of sp³-hybridized carbons (Fsp3) is 0.385. The van der Waals surface area contributed by atoms with Crippen molar-refractivity contribution in [3.05, 3.63) is 69.4 Å². The largest absolute Gasteiger partial charge is 0.440 e. The number of fused-ring (bicyclic) bond motifs is 1. The van der Waals surface area contributed by atoms with Crippen LogP contribution in [0.1, 0.15) is 15.9 Å². The average Bonchev–Trinajstić information content (AvgIpc) is 2.85. The highest BCUT2D eigenvalue weighted by Crippen LogP contribution is 2.28. The Morgan fingerprint density at radius 3 is 2.39 bits per heavy atom. The maximum absolute atomic E-state index is 14.0. The molecule has 1 aromatic heterocycles. The minimum absolute atomic E-state index is 0.118. The van der Waals surface area contributed by atoms with Crippen molar-refractivity contribution in [1.82, 2.24) is 4.90 Å². The highest BCUT2D eigenvalue weighted by molar-refractivity contribution is 5.98. The van der Waals surface area contributed by atoms with Crippen molar-refractivity contribution >= 4 is 28.4 Å². The highest BCUT2D eigenvalue weighted by atomic mass is 19.1. The van der Waals surface area contributed by atoms with Crippen LogP contribution in [0.15, 0.2) is 45.6 Å². The lowest BCUT2D eigenvalue weighted by Gasteiger charge is -2.28. The molecule has 2 heterocycles. The molecule has 0 aliphatic carbocycles. The summed E-state index contributed by atoms with van der Waals surface area (Å²) in [5, 5.41) is 0.256. The van der Waals surface area contributed by atoms with Crippen LogP contribution in [-0.4, -0.2) is 71.5 Å². The lowest BCUT2D eigenvalue weighted by Crippen LogP contribution is -2.36. The van der Waals surface area contributed by atoms with Gasteiger partial charge in [0.15, 0.2) is 11.3 Å². The van der Waals surface area contributed by atoms with Crippen LogP contribution >= 0.6 is 0 Å². The number of amides is 1. The second-order valence-electron chi connectivity index (χ2n) is 8.80. The summed E-state index contributed by atoms with van der Waals surface area (Å²) < 4.78 is 44.9. The first-order chi connectivity index (χ1) is 17.3. The predicted molar refractivity (Wildman–Crippen MR) is 133 cm³/mol. The van der Waals surface area contributed by atoms with E-state index in [4.69, 9.17) is 13.9 Å². The summed E-state index contributed by atoms with van der Waals surface area (Å²) in [5.41, 5.74) is 1.18. The minimum atomic E-state index is -0.713.